The van der Waals surface area contributed by atoms with Crippen LogP contribution in [0, 0.1) is 0 Å². The normalized spacial score (nSPS) is 19.4. The van der Waals surface area contributed by atoms with E-state index in [-0.39, 0.29) is 24.7 Å². The van der Waals surface area contributed by atoms with Gasteiger partial charge in [-0.25, -0.2) is 0 Å². The molecule has 1 saturated heterocycles. The van der Waals surface area contributed by atoms with Crippen LogP contribution >= 0.6 is 0 Å². The molecule has 0 aromatic heterocycles. The number of amides is 1. The van der Waals surface area contributed by atoms with E-state index in [1.54, 1.807) is 18.0 Å². The molecule has 2 unspecified atom stereocenters. The number of morpholine rings is 1. The van der Waals surface area contributed by atoms with E-state index in [9.17, 15) is 4.79 Å². The van der Waals surface area contributed by atoms with Crippen molar-refractivity contribution in [2.24, 2.45) is 0 Å². The van der Waals surface area contributed by atoms with E-state index in [4.69, 9.17) is 15.2 Å². The van der Waals surface area contributed by atoms with Gasteiger partial charge in [0.15, 0.2) is 6.10 Å². The number of hydrogen-bond donors (Lipinski definition) is 1. The number of nitrogen functional groups attached to an aromatic ring is 1. The van der Waals surface area contributed by atoms with Crippen LogP contribution in [-0.4, -0.2) is 37.1 Å². The Kier molecular flexibility index (Phi) is 4.48. The molecule has 2 aromatic carbocycles. The van der Waals surface area contributed by atoms with Crippen LogP contribution in [0.4, 0.5) is 5.69 Å². The van der Waals surface area contributed by atoms with E-state index in [1.807, 2.05) is 48.5 Å². The first-order valence-corrected chi connectivity index (χ1v) is 7.57. The highest BCUT2D eigenvalue weighted by Crippen LogP contribution is 2.31. The molecule has 120 valence electrons. The maximum Gasteiger partial charge on any atom is 0.248 e. The molecule has 2 aromatic rings. The molecule has 0 saturated carbocycles. The maximum absolute atomic E-state index is 11.7. The number of carbonyl (C=O) groups excluding carboxylic acids is 1. The molecule has 1 aliphatic rings. The van der Waals surface area contributed by atoms with Crippen molar-refractivity contribution in [3.8, 4) is 5.75 Å². The van der Waals surface area contributed by atoms with Gasteiger partial charge in [-0.2, -0.15) is 0 Å². The van der Waals surface area contributed by atoms with E-state index in [2.05, 4.69) is 0 Å². The van der Waals surface area contributed by atoms with Crippen LogP contribution in [0.3, 0.4) is 0 Å². The molecule has 1 fully saturated rings. The van der Waals surface area contributed by atoms with E-state index in [1.165, 1.54) is 0 Å². The predicted molar refractivity (Wildman–Crippen MR) is 88.0 cm³/mol. The molecule has 1 aliphatic heterocycles. The van der Waals surface area contributed by atoms with Gasteiger partial charge in [0.1, 0.15) is 18.5 Å². The minimum atomic E-state index is -0.337. The summed E-state index contributed by atoms with van der Waals surface area (Å²) in [5, 5.41) is 0. The van der Waals surface area contributed by atoms with Gasteiger partial charge in [-0.15, -0.1) is 0 Å². The molecule has 1 heterocycles. The molecule has 0 radical (unpaired) electrons. The Morgan fingerprint density at radius 3 is 2.57 bits per heavy atom. The molecule has 5 nitrogen and oxygen atoms in total. The van der Waals surface area contributed by atoms with Crippen molar-refractivity contribution in [2.45, 2.75) is 12.2 Å². The monoisotopic (exact) mass is 312 g/mol. The summed E-state index contributed by atoms with van der Waals surface area (Å²) < 4.78 is 11.9. The lowest BCUT2D eigenvalue weighted by Gasteiger charge is -2.35. The summed E-state index contributed by atoms with van der Waals surface area (Å²) >= 11 is 0. The summed E-state index contributed by atoms with van der Waals surface area (Å²) in [5.74, 6) is 0.594. The molecular formula is C18H20N2O3. The van der Waals surface area contributed by atoms with Gasteiger partial charge in [0.25, 0.3) is 0 Å². The van der Waals surface area contributed by atoms with Crippen LogP contribution in [0.2, 0.25) is 0 Å². The summed E-state index contributed by atoms with van der Waals surface area (Å²) in [7, 11) is 1.77. The number of rotatable bonds is 4. The molecule has 2 atom stereocenters. The molecule has 0 aliphatic carbocycles. The number of anilines is 1. The lowest BCUT2D eigenvalue weighted by Crippen LogP contribution is -2.47. The lowest BCUT2D eigenvalue weighted by atomic mass is 10.0. The Morgan fingerprint density at radius 2 is 1.87 bits per heavy atom. The summed E-state index contributed by atoms with van der Waals surface area (Å²) in [6.07, 6.45) is -0.587. The second-order valence-corrected chi connectivity index (χ2v) is 5.61. The van der Waals surface area contributed by atoms with Crippen molar-refractivity contribution in [1.82, 2.24) is 4.90 Å². The maximum atomic E-state index is 11.7. The van der Waals surface area contributed by atoms with Crippen molar-refractivity contribution in [3.05, 3.63) is 60.2 Å². The Labute approximate surface area is 135 Å². The molecule has 5 heteroatoms. The topological polar surface area (TPSA) is 64.8 Å². The zero-order valence-electron chi connectivity index (χ0n) is 13.0. The SMILES string of the molecule is CN1CC(C(Oc2ccccc2N)c2ccccc2)OCC1=O. The number of hydrogen-bond acceptors (Lipinski definition) is 4. The zero-order chi connectivity index (χ0) is 16.2. The largest absolute Gasteiger partial charge is 0.481 e. The third-order valence-electron chi connectivity index (χ3n) is 3.94. The molecular weight excluding hydrogens is 292 g/mol. The highest BCUT2D eigenvalue weighted by molar-refractivity contribution is 5.77. The molecule has 2 N–H and O–H groups in total. The third-order valence-corrected chi connectivity index (χ3v) is 3.94. The predicted octanol–water partition coefficient (Wildman–Crippen LogP) is 2.25. The minimum Gasteiger partial charge on any atom is -0.481 e. The third kappa shape index (κ3) is 3.46. The number of likely N-dealkylation sites (N-methyl/N-ethyl adjacent to an activating group) is 1. The Morgan fingerprint density at radius 1 is 1.17 bits per heavy atom. The van der Waals surface area contributed by atoms with Gasteiger partial charge >= 0.3 is 0 Å². The quantitative estimate of drug-likeness (QED) is 0.880. The number of benzene rings is 2. The van der Waals surface area contributed by atoms with Gasteiger partial charge in [-0.3, -0.25) is 4.79 Å². The highest BCUT2D eigenvalue weighted by atomic mass is 16.5. The van der Waals surface area contributed by atoms with Crippen LogP contribution in [-0.2, 0) is 9.53 Å². The summed E-state index contributed by atoms with van der Waals surface area (Å²) in [6.45, 7) is 0.545. The fraction of sp³-hybridized carbons (Fsp3) is 0.278. The van der Waals surface area contributed by atoms with Crippen LogP contribution in [0.25, 0.3) is 0 Å². The van der Waals surface area contributed by atoms with Gasteiger partial charge in [-0.1, -0.05) is 42.5 Å². The van der Waals surface area contributed by atoms with Crippen LogP contribution in [0.5, 0.6) is 5.75 Å². The second-order valence-electron chi connectivity index (χ2n) is 5.61. The summed E-state index contributed by atoms with van der Waals surface area (Å²) in [6, 6.07) is 17.2. The fourth-order valence-electron chi connectivity index (χ4n) is 2.62. The van der Waals surface area contributed by atoms with Gasteiger partial charge in [0, 0.05) is 7.05 Å². The first-order valence-electron chi connectivity index (χ1n) is 7.57. The molecule has 1 amide bonds. The lowest BCUT2D eigenvalue weighted by molar-refractivity contribution is -0.152. The average molecular weight is 312 g/mol. The van der Waals surface area contributed by atoms with Gasteiger partial charge in [0.2, 0.25) is 5.91 Å². The van der Waals surface area contributed by atoms with Gasteiger partial charge < -0.3 is 20.1 Å². The van der Waals surface area contributed by atoms with Gasteiger partial charge in [0.05, 0.1) is 12.2 Å². The molecule has 0 spiro atoms. The van der Waals surface area contributed by atoms with Crippen molar-refractivity contribution in [3.63, 3.8) is 0 Å². The standard InChI is InChI=1S/C18H20N2O3/c1-20-11-16(22-12-17(20)21)18(13-7-3-2-4-8-13)23-15-10-6-5-9-14(15)19/h2-10,16,18H,11-12,19H2,1H3. The average Bonchev–Trinajstić information content (AvgIpc) is 2.58. The van der Waals surface area contributed by atoms with Crippen LogP contribution < -0.4 is 10.5 Å². The minimum absolute atomic E-state index is 0.0210. The van der Waals surface area contributed by atoms with Crippen molar-refractivity contribution in [2.75, 3.05) is 25.9 Å². The van der Waals surface area contributed by atoms with E-state index < -0.39 is 0 Å². The number of para-hydroxylation sites is 2. The van der Waals surface area contributed by atoms with Crippen molar-refractivity contribution >= 4 is 11.6 Å². The number of carbonyl (C=O) groups is 1. The number of nitrogens with zero attached hydrogens (tertiary/aromatic N) is 1. The molecule has 0 bridgehead atoms. The summed E-state index contributed by atoms with van der Waals surface area (Å²) in [4.78, 5) is 13.3. The van der Waals surface area contributed by atoms with E-state index in [0.717, 1.165) is 5.56 Å². The van der Waals surface area contributed by atoms with E-state index >= 15 is 0 Å². The Balaban J connectivity index is 1.88. The second kappa shape index (κ2) is 6.71. The van der Waals surface area contributed by atoms with E-state index in [0.29, 0.717) is 18.0 Å². The van der Waals surface area contributed by atoms with Crippen molar-refractivity contribution < 1.29 is 14.3 Å². The number of ether oxygens (including phenoxy) is 2. The smallest absolute Gasteiger partial charge is 0.248 e. The Bertz CT molecular complexity index is 675. The van der Waals surface area contributed by atoms with Crippen LogP contribution in [0.1, 0.15) is 11.7 Å². The molecule has 3 rings (SSSR count). The van der Waals surface area contributed by atoms with Crippen LogP contribution in [0.15, 0.2) is 54.6 Å². The Hall–Kier alpha value is -2.53. The number of nitrogens with two attached hydrogens (primary N) is 1. The zero-order valence-corrected chi connectivity index (χ0v) is 13.0. The first-order chi connectivity index (χ1) is 11.1. The fourth-order valence-corrected chi connectivity index (χ4v) is 2.62. The van der Waals surface area contributed by atoms with Gasteiger partial charge in [-0.05, 0) is 17.7 Å². The first kappa shape index (κ1) is 15.4. The highest BCUT2D eigenvalue weighted by Gasteiger charge is 2.33. The molecule has 23 heavy (non-hydrogen) atoms. The summed E-state index contributed by atoms with van der Waals surface area (Å²) in [5.41, 5.74) is 7.56. The van der Waals surface area contributed by atoms with Crippen molar-refractivity contribution in [1.29, 1.82) is 0 Å².